The van der Waals surface area contributed by atoms with E-state index in [4.69, 9.17) is 11.5 Å². The first kappa shape index (κ1) is 14.4. The van der Waals surface area contributed by atoms with Crippen molar-refractivity contribution in [1.82, 2.24) is 0 Å². The molecule has 4 N–H and O–H groups in total. The predicted molar refractivity (Wildman–Crippen MR) is 100.0 cm³/mol. The number of benzene rings is 4. The molecule has 0 spiro atoms. The molecule has 0 fully saturated rings. The molecule has 0 aliphatic heterocycles. The number of nitrogens with two attached hydrogens (primary N) is 2. The van der Waals surface area contributed by atoms with E-state index in [0.29, 0.717) is 0 Å². The van der Waals surface area contributed by atoms with Crippen LogP contribution in [0, 0.1) is 0 Å². The average Bonchev–Trinajstić information content (AvgIpc) is 2.59. The predicted octanol–water partition coefficient (Wildman–Crippen LogP) is 4.71. The van der Waals surface area contributed by atoms with Crippen LogP contribution in [0.4, 0.5) is 0 Å². The quantitative estimate of drug-likeness (QED) is 0.414. The molecule has 23 heavy (non-hydrogen) atoms. The minimum absolute atomic E-state index is 0.0751. The molecule has 116 valence electrons. The minimum Gasteiger partial charge on any atom is -0.330 e. The fourth-order valence-corrected chi connectivity index (χ4v) is 3.75. The monoisotopic (exact) mass is 302 g/mol. The minimum atomic E-state index is 0.0751. The molecule has 0 bridgehead atoms. The molecule has 0 saturated heterocycles. The number of unbranched alkanes of at least 4 members (excludes halogenated alkanes) is 1. The zero-order valence-corrected chi connectivity index (χ0v) is 13.3. The molecular weight excluding hydrogens is 280 g/mol. The van der Waals surface area contributed by atoms with Crippen LogP contribution in [0.3, 0.4) is 0 Å². The van der Waals surface area contributed by atoms with E-state index in [2.05, 4.69) is 54.6 Å². The van der Waals surface area contributed by atoms with Crippen molar-refractivity contribution in [1.29, 1.82) is 0 Å². The van der Waals surface area contributed by atoms with Crippen LogP contribution in [0.25, 0.3) is 32.3 Å². The fourth-order valence-electron chi connectivity index (χ4n) is 3.75. The van der Waals surface area contributed by atoms with Gasteiger partial charge in [0.1, 0.15) is 0 Å². The zero-order chi connectivity index (χ0) is 15.8. The van der Waals surface area contributed by atoms with E-state index in [1.54, 1.807) is 0 Å². The van der Waals surface area contributed by atoms with E-state index in [-0.39, 0.29) is 6.04 Å². The lowest BCUT2D eigenvalue weighted by Gasteiger charge is -2.18. The summed E-state index contributed by atoms with van der Waals surface area (Å²) in [6, 6.07) is 19.9. The molecule has 4 rings (SSSR count). The average molecular weight is 302 g/mol. The van der Waals surface area contributed by atoms with Gasteiger partial charge in [-0.15, -0.1) is 0 Å². The Morgan fingerprint density at radius 2 is 1.39 bits per heavy atom. The second-order valence-electron chi connectivity index (χ2n) is 6.40. The summed E-state index contributed by atoms with van der Waals surface area (Å²) in [6.45, 7) is 0.741. The van der Waals surface area contributed by atoms with Gasteiger partial charge >= 0.3 is 0 Å². The van der Waals surface area contributed by atoms with Gasteiger partial charge < -0.3 is 11.5 Å². The Morgan fingerprint density at radius 1 is 0.739 bits per heavy atom. The van der Waals surface area contributed by atoms with Crippen LogP contribution in [0.15, 0.2) is 54.6 Å². The van der Waals surface area contributed by atoms with E-state index < -0.39 is 0 Å². The Morgan fingerprint density at radius 3 is 2.13 bits per heavy atom. The largest absolute Gasteiger partial charge is 0.330 e. The van der Waals surface area contributed by atoms with E-state index in [1.807, 2.05) is 0 Å². The Bertz CT molecular complexity index is 942. The highest BCUT2D eigenvalue weighted by molar-refractivity contribution is 6.23. The van der Waals surface area contributed by atoms with Crippen molar-refractivity contribution in [2.45, 2.75) is 25.3 Å². The maximum atomic E-state index is 6.49. The third kappa shape index (κ3) is 2.35. The Balaban J connectivity index is 1.93. The summed E-state index contributed by atoms with van der Waals surface area (Å²) in [5, 5.41) is 7.91. The van der Waals surface area contributed by atoms with Gasteiger partial charge in [-0.05, 0) is 57.3 Å². The molecule has 4 aromatic rings. The summed E-state index contributed by atoms with van der Waals surface area (Å²) in [6.07, 6.45) is 3.11. The molecule has 1 atom stereocenters. The van der Waals surface area contributed by atoms with Crippen LogP contribution in [0.5, 0.6) is 0 Å². The van der Waals surface area contributed by atoms with Crippen LogP contribution >= 0.6 is 0 Å². The zero-order valence-electron chi connectivity index (χ0n) is 13.3. The first-order valence-electron chi connectivity index (χ1n) is 8.41. The Labute approximate surface area is 136 Å². The maximum absolute atomic E-state index is 6.49. The number of hydrogen-bond donors (Lipinski definition) is 2. The molecule has 0 heterocycles. The highest BCUT2D eigenvalue weighted by atomic mass is 14.6. The summed E-state index contributed by atoms with van der Waals surface area (Å²) in [5.41, 5.74) is 13.4. The molecule has 0 unspecified atom stereocenters. The van der Waals surface area contributed by atoms with Crippen LogP contribution in [-0.4, -0.2) is 6.54 Å². The van der Waals surface area contributed by atoms with E-state index in [9.17, 15) is 0 Å². The lowest BCUT2D eigenvalue weighted by molar-refractivity contribution is 0.594. The van der Waals surface area contributed by atoms with Crippen LogP contribution in [-0.2, 0) is 0 Å². The van der Waals surface area contributed by atoms with Gasteiger partial charge in [-0.3, -0.25) is 0 Å². The fraction of sp³-hybridized carbons (Fsp3) is 0.238. The highest BCUT2D eigenvalue weighted by Crippen LogP contribution is 2.37. The van der Waals surface area contributed by atoms with E-state index in [1.165, 1.54) is 37.9 Å². The van der Waals surface area contributed by atoms with Crippen molar-refractivity contribution in [2.24, 2.45) is 11.5 Å². The normalized spacial score (nSPS) is 13.3. The molecule has 0 aliphatic carbocycles. The number of hydrogen-bond acceptors (Lipinski definition) is 2. The standard InChI is InChI=1S/C21H22N2/c22-13-2-1-6-19(23)17-11-9-16-8-7-14-4-3-5-15-10-12-18(17)21(16)20(14)15/h3-5,7-12,19H,1-2,6,13,22-23H2/t19-/m1/s1. The van der Waals surface area contributed by atoms with Crippen molar-refractivity contribution in [3.8, 4) is 0 Å². The summed E-state index contributed by atoms with van der Waals surface area (Å²) in [5.74, 6) is 0. The van der Waals surface area contributed by atoms with Crippen molar-refractivity contribution < 1.29 is 0 Å². The second kappa shape index (κ2) is 5.80. The first-order valence-corrected chi connectivity index (χ1v) is 8.41. The van der Waals surface area contributed by atoms with Gasteiger partial charge in [-0.2, -0.15) is 0 Å². The van der Waals surface area contributed by atoms with Crippen LogP contribution in [0.2, 0.25) is 0 Å². The SMILES string of the molecule is NCCCC[C@@H](N)c1ccc2ccc3cccc4ccc1c2c34. The second-order valence-corrected chi connectivity index (χ2v) is 6.40. The summed E-state index contributed by atoms with van der Waals surface area (Å²) < 4.78 is 0. The van der Waals surface area contributed by atoms with Crippen molar-refractivity contribution in [3.05, 3.63) is 60.2 Å². The summed E-state index contributed by atoms with van der Waals surface area (Å²) >= 11 is 0. The van der Waals surface area contributed by atoms with Crippen LogP contribution in [0.1, 0.15) is 30.9 Å². The van der Waals surface area contributed by atoms with Gasteiger partial charge in [0.25, 0.3) is 0 Å². The van der Waals surface area contributed by atoms with Crippen molar-refractivity contribution in [3.63, 3.8) is 0 Å². The third-order valence-corrected chi connectivity index (χ3v) is 4.93. The molecular formula is C21H22N2. The molecule has 0 aliphatic rings. The van der Waals surface area contributed by atoms with E-state index >= 15 is 0 Å². The molecule has 2 nitrogen and oxygen atoms in total. The topological polar surface area (TPSA) is 52.0 Å². The van der Waals surface area contributed by atoms with Crippen molar-refractivity contribution >= 4 is 32.3 Å². The smallest absolute Gasteiger partial charge is 0.0301 e. The molecule has 0 radical (unpaired) electrons. The van der Waals surface area contributed by atoms with E-state index in [0.717, 1.165) is 25.8 Å². The van der Waals surface area contributed by atoms with Gasteiger partial charge in [0.2, 0.25) is 0 Å². The molecule has 0 saturated carbocycles. The molecule has 0 aromatic heterocycles. The molecule has 0 amide bonds. The molecule has 4 aromatic carbocycles. The number of rotatable bonds is 5. The highest BCUT2D eigenvalue weighted by Gasteiger charge is 2.14. The molecule has 2 heteroatoms. The van der Waals surface area contributed by atoms with Gasteiger partial charge in [-0.1, -0.05) is 61.0 Å². The van der Waals surface area contributed by atoms with Crippen molar-refractivity contribution in [2.75, 3.05) is 6.54 Å². The van der Waals surface area contributed by atoms with Crippen LogP contribution < -0.4 is 11.5 Å². The van der Waals surface area contributed by atoms with Gasteiger partial charge in [0, 0.05) is 6.04 Å². The first-order chi connectivity index (χ1) is 11.3. The van der Waals surface area contributed by atoms with Gasteiger partial charge in [0.15, 0.2) is 0 Å². The maximum Gasteiger partial charge on any atom is 0.0301 e. The Hall–Kier alpha value is -2.16. The van der Waals surface area contributed by atoms with Gasteiger partial charge in [0.05, 0.1) is 0 Å². The van der Waals surface area contributed by atoms with Gasteiger partial charge in [-0.25, -0.2) is 0 Å². The lowest BCUT2D eigenvalue weighted by atomic mass is 9.89. The lowest BCUT2D eigenvalue weighted by Crippen LogP contribution is -2.11. The third-order valence-electron chi connectivity index (χ3n) is 4.93. The Kier molecular flexibility index (Phi) is 3.64. The summed E-state index contributed by atoms with van der Waals surface area (Å²) in [7, 11) is 0. The summed E-state index contributed by atoms with van der Waals surface area (Å²) in [4.78, 5) is 0.